The van der Waals surface area contributed by atoms with Gasteiger partial charge in [0.1, 0.15) is 11.6 Å². The number of nitrogens with zero attached hydrogens (tertiary/aromatic N) is 2. The SMILES string of the molecule is Cc1cc2c(cc1F)nc(CCCl)n2C(C)C(C)C. The van der Waals surface area contributed by atoms with Gasteiger partial charge in [0.05, 0.1) is 11.0 Å². The number of aromatic nitrogens is 2. The molecule has 1 heterocycles. The molecule has 1 atom stereocenters. The first-order valence-corrected chi connectivity index (χ1v) is 7.22. The van der Waals surface area contributed by atoms with Crippen molar-refractivity contribution in [2.45, 2.75) is 40.2 Å². The molecule has 2 aromatic rings. The van der Waals surface area contributed by atoms with Gasteiger partial charge in [-0.2, -0.15) is 0 Å². The van der Waals surface area contributed by atoms with Crippen molar-refractivity contribution in [1.82, 2.24) is 9.55 Å². The van der Waals surface area contributed by atoms with Gasteiger partial charge in [-0.3, -0.25) is 0 Å². The van der Waals surface area contributed by atoms with Crippen LogP contribution in [0.1, 0.15) is 38.2 Å². The number of hydrogen-bond donors (Lipinski definition) is 0. The lowest BCUT2D eigenvalue weighted by Gasteiger charge is -2.21. The summed E-state index contributed by atoms with van der Waals surface area (Å²) in [6.45, 7) is 8.31. The Morgan fingerprint density at radius 3 is 2.58 bits per heavy atom. The number of alkyl halides is 1. The van der Waals surface area contributed by atoms with Gasteiger partial charge >= 0.3 is 0 Å². The van der Waals surface area contributed by atoms with E-state index < -0.39 is 0 Å². The predicted octanol–water partition coefficient (Wildman–Crippen LogP) is 4.48. The fourth-order valence-corrected chi connectivity index (χ4v) is 2.45. The molecule has 2 nitrogen and oxygen atoms in total. The van der Waals surface area contributed by atoms with Crippen molar-refractivity contribution in [1.29, 1.82) is 0 Å². The predicted molar refractivity (Wildman–Crippen MR) is 78.4 cm³/mol. The number of fused-ring (bicyclic) bond motifs is 1. The molecule has 2 rings (SSSR count). The summed E-state index contributed by atoms with van der Waals surface area (Å²) < 4.78 is 15.9. The van der Waals surface area contributed by atoms with Gasteiger partial charge in [0.2, 0.25) is 0 Å². The second-order valence-corrected chi connectivity index (χ2v) is 5.79. The largest absolute Gasteiger partial charge is 0.325 e. The number of halogens is 2. The minimum Gasteiger partial charge on any atom is -0.325 e. The summed E-state index contributed by atoms with van der Waals surface area (Å²) in [6, 6.07) is 3.72. The van der Waals surface area contributed by atoms with Gasteiger partial charge < -0.3 is 4.57 Å². The van der Waals surface area contributed by atoms with E-state index in [-0.39, 0.29) is 5.82 Å². The molecule has 104 valence electrons. The molecule has 0 aliphatic heterocycles. The van der Waals surface area contributed by atoms with Crippen LogP contribution in [0.2, 0.25) is 0 Å². The van der Waals surface area contributed by atoms with Crippen molar-refractivity contribution in [3.8, 4) is 0 Å². The number of imidazole rings is 1. The lowest BCUT2D eigenvalue weighted by atomic mass is 10.1. The fourth-order valence-electron chi connectivity index (χ4n) is 2.28. The van der Waals surface area contributed by atoms with Crippen LogP contribution in [0.4, 0.5) is 4.39 Å². The maximum absolute atomic E-state index is 13.7. The number of hydrogen-bond acceptors (Lipinski definition) is 1. The van der Waals surface area contributed by atoms with Crippen LogP contribution in [0, 0.1) is 18.7 Å². The third-order valence-electron chi connectivity index (χ3n) is 3.73. The molecule has 0 bridgehead atoms. The maximum Gasteiger partial charge on any atom is 0.128 e. The van der Waals surface area contributed by atoms with Gasteiger partial charge in [0.15, 0.2) is 0 Å². The van der Waals surface area contributed by atoms with Gasteiger partial charge in [-0.15, -0.1) is 11.6 Å². The summed E-state index contributed by atoms with van der Waals surface area (Å²) >= 11 is 5.85. The van der Waals surface area contributed by atoms with Crippen LogP contribution < -0.4 is 0 Å². The zero-order valence-electron chi connectivity index (χ0n) is 11.9. The third kappa shape index (κ3) is 2.62. The van der Waals surface area contributed by atoms with E-state index in [2.05, 4.69) is 30.3 Å². The van der Waals surface area contributed by atoms with E-state index >= 15 is 0 Å². The van der Waals surface area contributed by atoms with Crippen LogP contribution in [-0.4, -0.2) is 15.4 Å². The van der Waals surface area contributed by atoms with Crippen molar-refractivity contribution < 1.29 is 4.39 Å². The Hall–Kier alpha value is -1.09. The van der Waals surface area contributed by atoms with Gasteiger partial charge in [-0.1, -0.05) is 13.8 Å². The molecule has 19 heavy (non-hydrogen) atoms. The maximum atomic E-state index is 13.7. The lowest BCUT2D eigenvalue weighted by molar-refractivity contribution is 0.406. The molecule has 0 saturated carbocycles. The zero-order valence-corrected chi connectivity index (χ0v) is 12.6. The van der Waals surface area contributed by atoms with E-state index in [9.17, 15) is 4.39 Å². The van der Waals surface area contributed by atoms with Gasteiger partial charge in [-0.05, 0) is 31.4 Å². The molecule has 1 unspecified atom stereocenters. The molecular weight excluding hydrogens is 263 g/mol. The van der Waals surface area contributed by atoms with Gasteiger partial charge in [0.25, 0.3) is 0 Å². The Morgan fingerprint density at radius 1 is 1.32 bits per heavy atom. The Labute approximate surface area is 118 Å². The first kappa shape index (κ1) is 14.3. The van der Waals surface area contributed by atoms with E-state index in [1.165, 1.54) is 6.07 Å². The second-order valence-electron chi connectivity index (χ2n) is 5.41. The number of aryl methyl sites for hydroxylation is 2. The van der Waals surface area contributed by atoms with E-state index in [1.54, 1.807) is 6.92 Å². The molecule has 0 N–H and O–H groups in total. The topological polar surface area (TPSA) is 17.8 Å². The molecule has 0 saturated heterocycles. The fraction of sp³-hybridized carbons (Fsp3) is 0.533. The zero-order chi connectivity index (χ0) is 14.2. The van der Waals surface area contributed by atoms with Crippen LogP contribution in [-0.2, 0) is 6.42 Å². The first-order chi connectivity index (χ1) is 8.95. The standard InChI is InChI=1S/C15H20ClFN2/c1-9(2)11(4)19-14-7-10(3)12(17)8-13(14)18-15(19)5-6-16/h7-9,11H,5-6H2,1-4H3. The highest BCUT2D eigenvalue weighted by Crippen LogP contribution is 2.28. The molecule has 0 radical (unpaired) electrons. The van der Waals surface area contributed by atoms with Crippen LogP contribution in [0.15, 0.2) is 12.1 Å². The van der Waals surface area contributed by atoms with Crippen LogP contribution in [0.3, 0.4) is 0 Å². The van der Waals surface area contributed by atoms with Crippen LogP contribution in [0.25, 0.3) is 11.0 Å². The molecule has 1 aromatic heterocycles. The number of rotatable bonds is 4. The van der Waals surface area contributed by atoms with Gasteiger partial charge in [-0.25, -0.2) is 9.37 Å². The van der Waals surface area contributed by atoms with E-state index in [0.29, 0.717) is 29.8 Å². The quantitative estimate of drug-likeness (QED) is 0.756. The van der Waals surface area contributed by atoms with Crippen molar-refractivity contribution >= 4 is 22.6 Å². The highest BCUT2D eigenvalue weighted by molar-refractivity contribution is 6.17. The minimum absolute atomic E-state index is 0.202. The highest BCUT2D eigenvalue weighted by atomic mass is 35.5. The summed E-state index contributed by atoms with van der Waals surface area (Å²) in [7, 11) is 0. The highest BCUT2D eigenvalue weighted by Gasteiger charge is 2.19. The molecule has 0 amide bonds. The Morgan fingerprint density at radius 2 is 2.00 bits per heavy atom. The van der Waals surface area contributed by atoms with Crippen molar-refractivity contribution in [3.63, 3.8) is 0 Å². The van der Waals surface area contributed by atoms with E-state index in [0.717, 1.165) is 16.9 Å². The Kier molecular flexibility index (Phi) is 4.14. The van der Waals surface area contributed by atoms with Gasteiger partial charge in [0, 0.05) is 24.4 Å². The normalized spacial score (nSPS) is 13.4. The summed E-state index contributed by atoms with van der Waals surface area (Å²) in [5.41, 5.74) is 2.37. The Bertz CT molecular complexity index is 589. The summed E-state index contributed by atoms with van der Waals surface area (Å²) in [4.78, 5) is 4.55. The average molecular weight is 283 g/mol. The molecule has 4 heteroatoms. The first-order valence-electron chi connectivity index (χ1n) is 6.68. The van der Waals surface area contributed by atoms with Crippen LogP contribution >= 0.6 is 11.6 Å². The smallest absolute Gasteiger partial charge is 0.128 e. The monoisotopic (exact) mass is 282 g/mol. The molecule has 0 spiro atoms. The minimum atomic E-state index is -0.202. The summed E-state index contributed by atoms with van der Waals surface area (Å²) in [5.74, 6) is 1.75. The molecule has 0 aliphatic rings. The van der Waals surface area contributed by atoms with Crippen molar-refractivity contribution in [3.05, 3.63) is 29.3 Å². The van der Waals surface area contributed by atoms with Crippen molar-refractivity contribution in [2.24, 2.45) is 5.92 Å². The second kappa shape index (κ2) is 5.49. The molecule has 0 fully saturated rings. The van der Waals surface area contributed by atoms with Crippen molar-refractivity contribution in [2.75, 3.05) is 5.88 Å². The molecule has 0 aliphatic carbocycles. The average Bonchev–Trinajstić information content (AvgIpc) is 2.66. The summed E-state index contributed by atoms with van der Waals surface area (Å²) in [5, 5.41) is 0. The number of benzene rings is 1. The Balaban J connectivity index is 2.68. The van der Waals surface area contributed by atoms with E-state index in [1.807, 2.05) is 6.07 Å². The third-order valence-corrected chi connectivity index (χ3v) is 3.92. The summed E-state index contributed by atoms with van der Waals surface area (Å²) in [6.07, 6.45) is 0.702. The molecule has 1 aromatic carbocycles. The molecular formula is C15H20ClFN2. The van der Waals surface area contributed by atoms with Crippen LogP contribution in [0.5, 0.6) is 0 Å². The van der Waals surface area contributed by atoms with E-state index in [4.69, 9.17) is 11.6 Å². The lowest BCUT2D eigenvalue weighted by Crippen LogP contribution is -2.15.